The number of amides is 2. The maximum Gasteiger partial charge on any atom is 0.270 e. The van der Waals surface area contributed by atoms with Crippen LogP contribution in [-0.4, -0.2) is 58.7 Å². The molecule has 5 rings (SSSR count). The first kappa shape index (κ1) is 25.0. The molecule has 0 radical (unpaired) electrons. The molecule has 0 unspecified atom stereocenters. The van der Waals surface area contributed by atoms with Crippen LogP contribution in [0.1, 0.15) is 51.2 Å². The van der Waals surface area contributed by atoms with Crippen molar-refractivity contribution in [2.45, 2.75) is 48.3 Å². The Balaban J connectivity index is 1.29. The molecule has 1 atom stereocenters. The second-order valence-corrected chi connectivity index (χ2v) is 12.1. The third-order valence-electron chi connectivity index (χ3n) is 7.16. The Kier molecular flexibility index (Phi) is 5.71. The Morgan fingerprint density at radius 3 is 2.46 bits per heavy atom. The summed E-state index contributed by atoms with van der Waals surface area (Å²) in [7, 11) is -4.13. The van der Waals surface area contributed by atoms with Crippen molar-refractivity contribution in [3.05, 3.63) is 68.9 Å². The molecule has 9 nitrogen and oxygen atoms in total. The van der Waals surface area contributed by atoms with Crippen LogP contribution in [0.3, 0.4) is 0 Å². The molecule has 0 bridgehead atoms. The van der Waals surface area contributed by atoms with Crippen LogP contribution in [0, 0.1) is 17.1 Å². The number of benzene rings is 1. The van der Waals surface area contributed by atoms with Gasteiger partial charge in [0.05, 0.1) is 10.3 Å². The van der Waals surface area contributed by atoms with Gasteiger partial charge in [-0.05, 0) is 42.7 Å². The number of nitrogens with zero attached hydrogens (tertiary/aromatic N) is 3. The van der Waals surface area contributed by atoms with Gasteiger partial charge in [-0.2, -0.15) is 5.26 Å². The highest BCUT2D eigenvalue weighted by Crippen LogP contribution is 2.56. The lowest BCUT2D eigenvalue weighted by Gasteiger charge is -2.32. The maximum atomic E-state index is 13.8. The van der Waals surface area contributed by atoms with Gasteiger partial charge in [-0.15, -0.1) is 0 Å². The van der Waals surface area contributed by atoms with E-state index < -0.39 is 55.4 Å². The van der Waals surface area contributed by atoms with E-state index in [2.05, 4.69) is 5.32 Å². The SMILES string of the molecule is N#Cc1ccc(CNC(=O)c2ccc3n(c2=O)CCN(CC2(S(=O)(=O)[C@@H]4CC4(F)F)CC2)C3=O)cc1F. The van der Waals surface area contributed by atoms with E-state index in [1.54, 1.807) is 6.07 Å². The van der Waals surface area contributed by atoms with Crippen LogP contribution in [0.4, 0.5) is 13.2 Å². The molecular formula is C24H21F3N4O5S. The normalized spacial score (nSPS) is 21.1. The van der Waals surface area contributed by atoms with Crippen molar-refractivity contribution in [1.82, 2.24) is 14.8 Å². The van der Waals surface area contributed by atoms with Crippen LogP contribution in [0.25, 0.3) is 0 Å². The van der Waals surface area contributed by atoms with Crippen molar-refractivity contribution in [2.75, 3.05) is 13.1 Å². The van der Waals surface area contributed by atoms with E-state index in [1.165, 1.54) is 29.2 Å². The van der Waals surface area contributed by atoms with Crippen molar-refractivity contribution >= 4 is 21.7 Å². The second-order valence-electron chi connectivity index (χ2n) is 9.61. The van der Waals surface area contributed by atoms with Gasteiger partial charge in [-0.1, -0.05) is 6.07 Å². The number of hydrogen-bond acceptors (Lipinski definition) is 6. The van der Waals surface area contributed by atoms with Crippen molar-refractivity contribution in [2.24, 2.45) is 0 Å². The molecule has 1 aliphatic heterocycles. The minimum atomic E-state index is -4.13. The monoisotopic (exact) mass is 534 g/mol. The number of halogens is 3. The Hall–Kier alpha value is -3.66. The smallest absolute Gasteiger partial charge is 0.270 e. The number of alkyl halides is 2. The Morgan fingerprint density at radius 2 is 1.86 bits per heavy atom. The van der Waals surface area contributed by atoms with Gasteiger partial charge in [0.25, 0.3) is 23.3 Å². The summed E-state index contributed by atoms with van der Waals surface area (Å²) >= 11 is 0. The summed E-state index contributed by atoms with van der Waals surface area (Å²) < 4.78 is 66.0. The third kappa shape index (κ3) is 4.19. The topological polar surface area (TPSA) is 129 Å². The van der Waals surface area contributed by atoms with Crippen molar-refractivity contribution in [3.8, 4) is 6.07 Å². The van der Waals surface area contributed by atoms with Crippen molar-refractivity contribution in [1.29, 1.82) is 5.26 Å². The Morgan fingerprint density at radius 1 is 1.16 bits per heavy atom. The van der Waals surface area contributed by atoms with E-state index in [1.807, 2.05) is 0 Å². The number of rotatable bonds is 7. The number of pyridine rings is 1. The average Bonchev–Trinajstić information content (AvgIpc) is 3.76. The number of sulfone groups is 1. The molecule has 13 heteroatoms. The van der Waals surface area contributed by atoms with Crippen molar-refractivity contribution < 1.29 is 31.2 Å². The molecule has 1 aromatic carbocycles. The van der Waals surface area contributed by atoms with Gasteiger partial charge < -0.3 is 14.8 Å². The quantitative estimate of drug-likeness (QED) is 0.575. The number of fused-ring (bicyclic) bond motifs is 1. The van der Waals surface area contributed by atoms with Gasteiger partial charge in [0.15, 0.2) is 9.84 Å². The van der Waals surface area contributed by atoms with Crippen LogP contribution in [0.15, 0.2) is 35.1 Å². The maximum absolute atomic E-state index is 13.8. The summed E-state index contributed by atoms with van der Waals surface area (Å²) in [5.74, 6) is -5.33. The number of carbonyl (C=O) groups is 2. The number of nitrogens with one attached hydrogen (secondary N) is 1. The fourth-order valence-corrected chi connectivity index (χ4v) is 7.18. The van der Waals surface area contributed by atoms with E-state index in [0.717, 1.165) is 10.6 Å². The molecule has 2 heterocycles. The predicted molar refractivity (Wildman–Crippen MR) is 123 cm³/mol. The molecule has 2 saturated carbocycles. The molecule has 1 aromatic heterocycles. The lowest BCUT2D eigenvalue weighted by atomic mass is 10.1. The zero-order valence-electron chi connectivity index (χ0n) is 19.3. The largest absolute Gasteiger partial charge is 0.348 e. The van der Waals surface area contributed by atoms with Gasteiger partial charge in [0.1, 0.15) is 28.4 Å². The summed E-state index contributed by atoms with van der Waals surface area (Å²) in [5, 5.41) is 9.59. The number of hydrogen-bond donors (Lipinski definition) is 1. The highest BCUT2D eigenvalue weighted by atomic mass is 32.2. The molecule has 0 spiro atoms. The second kappa shape index (κ2) is 8.44. The fraction of sp³-hybridized carbons (Fsp3) is 0.417. The standard InChI is InChI=1S/C24H21F3N4O5S/c25-17-9-14(1-2-15(17)11-28)12-29-20(32)16-3-4-18-22(34)30(7-8-31(18)21(16)33)13-23(5-6-23)37(35,36)19-10-24(19,26)27/h1-4,9,19H,5-8,10,12-13H2,(H,29,32)/t19-/m1/s1. The molecule has 2 aromatic rings. The van der Waals surface area contributed by atoms with E-state index in [-0.39, 0.29) is 55.8 Å². The minimum absolute atomic E-state index is 0.00241. The highest BCUT2D eigenvalue weighted by Gasteiger charge is 2.71. The molecule has 0 saturated heterocycles. The first-order chi connectivity index (χ1) is 17.4. The first-order valence-electron chi connectivity index (χ1n) is 11.5. The fourth-order valence-electron chi connectivity index (χ4n) is 4.68. The molecule has 3 aliphatic rings. The average molecular weight is 535 g/mol. The lowest BCUT2D eigenvalue weighted by molar-refractivity contribution is 0.0694. The van der Waals surface area contributed by atoms with Gasteiger partial charge in [0.2, 0.25) is 0 Å². The lowest BCUT2D eigenvalue weighted by Crippen LogP contribution is -2.50. The number of aromatic nitrogens is 1. The molecule has 37 heavy (non-hydrogen) atoms. The minimum Gasteiger partial charge on any atom is -0.348 e. The molecule has 2 aliphatic carbocycles. The van der Waals surface area contributed by atoms with Crippen molar-refractivity contribution in [3.63, 3.8) is 0 Å². The van der Waals surface area contributed by atoms with E-state index >= 15 is 0 Å². The van der Waals surface area contributed by atoms with Crippen LogP contribution >= 0.6 is 0 Å². The summed E-state index contributed by atoms with van der Waals surface area (Å²) in [4.78, 5) is 39.9. The highest BCUT2D eigenvalue weighted by molar-refractivity contribution is 7.94. The zero-order chi connectivity index (χ0) is 26.8. The molecule has 2 fully saturated rings. The molecule has 1 N–H and O–H groups in total. The molecule has 2 amide bonds. The van der Waals surface area contributed by atoms with Crippen LogP contribution in [-0.2, 0) is 22.9 Å². The number of nitriles is 1. The van der Waals surface area contributed by atoms with E-state index in [0.29, 0.717) is 5.56 Å². The van der Waals surface area contributed by atoms with Crippen LogP contribution in [0.5, 0.6) is 0 Å². The van der Waals surface area contributed by atoms with Gasteiger partial charge >= 0.3 is 0 Å². The summed E-state index contributed by atoms with van der Waals surface area (Å²) in [5.41, 5.74) is -0.761. The summed E-state index contributed by atoms with van der Waals surface area (Å²) in [6, 6.07) is 8.00. The van der Waals surface area contributed by atoms with E-state index in [9.17, 15) is 36.0 Å². The predicted octanol–water partition coefficient (Wildman–Crippen LogP) is 1.60. The zero-order valence-corrected chi connectivity index (χ0v) is 20.2. The Bertz CT molecular complexity index is 1540. The summed E-state index contributed by atoms with van der Waals surface area (Å²) in [6.45, 7) is -0.346. The van der Waals surface area contributed by atoms with Crippen LogP contribution < -0.4 is 10.9 Å². The van der Waals surface area contributed by atoms with Gasteiger partial charge in [-0.3, -0.25) is 14.4 Å². The van der Waals surface area contributed by atoms with Gasteiger partial charge in [0, 0.05) is 32.6 Å². The van der Waals surface area contributed by atoms with E-state index in [4.69, 9.17) is 5.26 Å². The molecule has 194 valence electrons. The molecular weight excluding hydrogens is 513 g/mol. The summed E-state index contributed by atoms with van der Waals surface area (Å²) in [6.07, 6.45) is -0.310. The Labute approximate surface area is 209 Å². The number of carbonyl (C=O) groups excluding carboxylic acids is 2. The van der Waals surface area contributed by atoms with Gasteiger partial charge in [-0.25, -0.2) is 21.6 Å². The first-order valence-corrected chi connectivity index (χ1v) is 13.1. The van der Waals surface area contributed by atoms with Crippen LogP contribution in [0.2, 0.25) is 0 Å². The third-order valence-corrected chi connectivity index (χ3v) is 10.2.